The van der Waals surface area contributed by atoms with Crippen LogP contribution in [0.3, 0.4) is 0 Å². The fourth-order valence-corrected chi connectivity index (χ4v) is 2.32. The monoisotopic (exact) mass is 255 g/mol. The van der Waals surface area contributed by atoms with Gasteiger partial charge in [-0.3, -0.25) is 9.59 Å². The van der Waals surface area contributed by atoms with Crippen LogP contribution in [0.5, 0.6) is 0 Å². The van der Waals surface area contributed by atoms with Crippen molar-refractivity contribution in [3.63, 3.8) is 0 Å². The number of piperidine rings is 1. The summed E-state index contributed by atoms with van der Waals surface area (Å²) in [5, 5.41) is 0.0942. The molecule has 5 nitrogen and oxygen atoms in total. The minimum Gasteiger partial charge on any atom is -0.354 e. The number of rotatable bonds is 2. The Hall–Kier alpha value is -1.36. The van der Waals surface area contributed by atoms with Gasteiger partial charge in [-0.15, -0.1) is 0 Å². The van der Waals surface area contributed by atoms with Crippen molar-refractivity contribution < 1.29 is 4.79 Å². The number of nitrogens with one attached hydrogen (secondary N) is 1. The molecule has 1 aromatic rings. The summed E-state index contributed by atoms with van der Waals surface area (Å²) in [5.74, 6) is 0.665. The molecular weight excluding hydrogens is 242 g/mol. The number of Topliss-reactive ketones (excluding diaryl/α,β-unsaturated/α-hetero) is 1. The Morgan fingerprint density at radius 1 is 1.65 bits per heavy atom. The average Bonchev–Trinajstić information content (AvgIpc) is 2.33. The number of aromatic amines is 1. The van der Waals surface area contributed by atoms with Crippen LogP contribution in [-0.4, -0.2) is 28.8 Å². The summed E-state index contributed by atoms with van der Waals surface area (Å²) < 4.78 is 0. The Balaban J connectivity index is 2.25. The second-order valence-electron chi connectivity index (χ2n) is 4.27. The first-order valence-electron chi connectivity index (χ1n) is 5.58. The number of nitrogens with zero attached hydrogens (tertiary/aromatic N) is 2. The van der Waals surface area contributed by atoms with Crippen LogP contribution in [0.1, 0.15) is 19.8 Å². The molecule has 2 rings (SSSR count). The van der Waals surface area contributed by atoms with Crippen molar-refractivity contribution in [1.82, 2.24) is 9.97 Å². The van der Waals surface area contributed by atoms with Gasteiger partial charge in [-0.25, -0.2) is 4.98 Å². The van der Waals surface area contributed by atoms with E-state index in [1.54, 1.807) is 6.92 Å². The van der Waals surface area contributed by atoms with Crippen molar-refractivity contribution in [2.75, 3.05) is 18.0 Å². The van der Waals surface area contributed by atoms with Gasteiger partial charge in [0, 0.05) is 19.0 Å². The van der Waals surface area contributed by atoms with Gasteiger partial charge in [-0.2, -0.15) is 0 Å². The highest BCUT2D eigenvalue weighted by Gasteiger charge is 2.25. The zero-order chi connectivity index (χ0) is 12.4. The van der Waals surface area contributed by atoms with Crippen LogP contribution in [0.25, 0.3) is 0 Å². The SMILES string of the molecule is CC(=O)C1CCCN(c2nc[nH]c(=O)c2Cl)C1. The number of H-pyrrole nitrogens is 1. The topological polar surface area (TPSA) is 66.1 Å². The molecule has 17 heavy (non-hydrogen) atoms. The van der Waals surface area contributed by atoms with E-state index in [0.717, 1.165) is 19.4 Å². The van der Waals surface area contributed by atoms with Crippen molar-refractivity contribution in [3.05, 3.63) is 21.7 Å². The molecule has 1 atom stereocenters. The van der Waals surface area contributed by atoms with E-state index in [2.05, 4.69) is 9.97 Å². The molecule has 0 aromatic carbocycles. The first-order valence-corrected chi connectivity index (χ1v) is 5.96. The maximum Gasteiger partial charge on any atom is 0.271 e. The van der Waals surface area contributed by atoms with Crippen LogP contribution in [0.2, 0.25) is 5.02 Å². The summed E-state index contributed by atoms with van der Waals surface area (Å²) >= 11 is 5.92. The summed E-state index contributed by atoms with van der Waals surface area (Å²) in [6.07, 6.45) is 3.14. The summed E-state index contributed by atoms with van der Waals surface area (Å²) in [5.41, 5.74) is -0.346. The predicted octanol–water partition coefficient (Wildman–Crippen LogP) is 1.23. The quantitative estimate of drug-likeness (QED) is 0.863. The zero-order valence-corrected chi connectivity index (χ0v) is 10.3. The predicted molar refractivity (Wildman–Crippen MR) is 65.5 cm³/mol. The molecule has 6 heteroatoms. The first kappa shape index (κ1) is 12.1. The molecule has 1 fully saturated rings. The highest BCUT2D eigenvalue weighted by atomic mass is 35.5. The average molecular weight is 256 g/mol. The molecule has 0 amide bonds. The molecule has 0 spiro atoms. The number of hydrogen-bond donors (Lipinski definition) is 1. The Labute approximate surface area is 104 Å². The third-order valence-corrected chi connectivity index (χ3v) is 3.41. The van der Waals surface area contributed by atoms with E-state index in [9.17, 15) is 9.59 Å². The van der Waals surface area contributed by atoms with Crippen molar-refractivity contribution in [2.24, 2.45) is 5.92 Å². The van der Waals surface area contributed by atoms with Gasteiger partial charge in [-0.1, -0.05) is 11.6 Å². The molecule has 0 aliphatic carbocycles. The Bertz CT molecular complexity index is 486. The van der Waals surface area contributed by atoms with Gasteiger partial charge in [0.2, 0.25) is 0 Å². The molecule has 1 aromatic heterocycles. The fourth-order valence-electron chi connectivity index (χ4n) is 2.10. The summed E-state index contributed by atoms with van der Waals surface area (Å²) in [6, 6.07) is 0. The fraction of sp³-hybridized carbons (Fsp3) is 0.545. The highest BCUT2D eigenvalue weighted by Crippen LogP contribution is 2.25. The number of anilines is 1. The van der Waals surface area contributed by atoms with E-state index in [0.29, 0.717) is 12.4 Å². The summed E-state index contributed by atoms with van der Waals surface area (Å²) in [7, 11) is 0. The van der Waals surface area contributed by atoms with E-state index in [1.807, 2.05) is 4.90 Å². The molecule has 92 valence electrons. The van der Waals surface area contributed by atoms with E-state index in [4.69, 9.17) is 11.6 Å². The molecule has 2 heterocycles. The van der Waals surface area contributed by atoms with Gasteiger partial charge >= 0.3 is 0 Å². The lowest BCUT2D eigenvalue weighted by Gasteiger charge is -2.32. The lowest BCUT2D eigenvalue weighted by Crippen LogP contribution is -2.39. The maximum absolute atomic E-state index is 11.4. The number of halogens is 1. The normalized spacial score (nSPS) is 20.4. The van der Waals surface area contributed by atoms with Crippen LogP contribution < -0.4 is 10.5 Å². The van der Waals surface area contributed by atoms with E-state index in [-0.39, 0.29) is 22.3 Å². The molecular formula is C11H14ClN3O2. The maximum atomic E-state index is 11.4. The molecule has 0 saturated carbocycles. The first-order chi connectivity index (χ1) is 8.09. The molecule has 1 unspecified atom stereocenters. The molecule has 1 N–H and O–H groups in total. The third kappa shape index (κ3) is 2.49. The molecule has 1 aliphatic rings. The van der Waals surface area contributed by atoms with Crippen molar-refractivity contribution in [3.8, 4) is 0 Å². The lowest BCUT2D eigenvalue weighted by molar-refractivity contribution is -0.120. The second-order valence-corrected chi connectivity index (χ2v) is 4.64. The number of carbonyl (C=O) groups excluding carboxylic acids is 1. The molecule has 1 aliphatic heterocycles. The van der Waals surface area contributed by atoms with Gasteiger partial charge < -0.3 is 9.88 Å². The van der Waals surface area contributed by atoms with Crippen LogP contribution in [0.4, 0.5) is 5.82 Å². The van der Waals surface area contributed by atoms with E-state index >= 15 is 0 Å². The number of carbonyl (C=O) groups is 1. The third-order valence-electron chi connectivity index (χ3n) is 3.07. The molecule has 1 saturated heterocycles. The minimum atomic E-state index is -0.346. The second kappa shape index (κ2) is 4.87. The van der Waals surface area contributed by atoms with Crippen molar-refractivity contribution in [2.45, 2.75) is 19.8 Å². The zero-order valence-electron chi connectivity index (χ0n) is 9.57. The summed E-state index contributed by atoms with van der Waals surface area (Å²) in [4.78, 5) is 31.2. The molecule has 0 radical (unpaired) electrons. The van der Waals surface area contributed by atoms with Crippen molar-refractivity contribution >= 4 is 23.2 Å². The Kier molecular flexibility index (Phi) is 3.47. The lowest BCUT2D eigenvalue weighted by atomic mass is 9.95. The Morgan fingerprint density at radius 3 is 3.12 bits per heavy atom. The highest BCUT2D eigenvalue weighted by molar-refractivity contribution is 6.32. The van der Waals surface area contributed by atoms with Crippen LogP contribution in [-0.2, 0) is 4.79 Å². The van der Waals surface area contributed by atoms with E-state index in [1.165, 1.54) is 6.33 Å². The van der Waals surface area contributed by atoms with Crippen LogP contribution >= 0.6 is 11.6 Å². The van der Waals surface area contributed by atoms with Gasteiger partial charge in [-0.05, 0) is 19.8 Å². The van der Waals surface area contributed by atoms with Crippen LogP contribution in [0.15, 0.2) is 11.1 Å². The van der Waals surface area contributed by atoms with Crippen LogP contribution in [0, 0.1) is 5.92 Å². The number of ketones is 1. The number of aromatic nitrogens is 2. The van der Waals surface area contributed by atoms with Gasteiger partial charge in [0.1, 0.15) is 10.8 Å². The minimum absolute atomic E-state index is 0.0147. The molecule has 0 bridgehead atoms. The van der Waals surface area contributed by atoms with Gasteiger partial charge in [0.15, 0.2) is 5.82 Å². The largest absolute Gasteiger partial charge is 0.354 e. The smallest absolute Gasteiger partial charge is 0.271 e. The van der Waals surface area contributed by atoms with Gasteiger partial charge in [0.05, 0.1) is 6.33 Å². The number of hydrogen-bond acceptors (Lipinski definition) is 4. The van der Waals surface area contributed by atoms with Gasteiger partial charge in [0.25, 0.3) is 5.56 Å². The Morgan fingerprint density at radius 2 is 2.41 bits per heavy atom. The van der Waals surface area contributed by atoms with Crippen molar-refractivity contribution in [1.29, 1.82) is 0 Å². The standard InChI is InChI=1S/C11H14ClN3O2/c1-7(16)8-3-2-4-15(5-8)10-9(12)11(17)14-6-13-10/h6,8H,2-5H2,1H3,(H,13,14,17). The summed E-state index contributed by atoms with van der Waals surface area (Å²) in [6.45, 7) is 2.96. The van der Waals surface area contributed by atoms with E-state index < -0.39 is 0 Å².